The standard InChI is InChI=1S/C15H27N3O4/c1-14(2,3)22-13(20)16-9-15(10-21-11-15)17-12(19)7-6-8-18(4)5/h6-7H,8-11H2,1-5H3,(H,16,20)(H,17,19)/b7-6+. The molecular formula is C15H27N3O4. The highest BCUT2D eigenvalue weighted by Gasteiger charge is 2.40. The van der Waals surface area contributed by atoms with Crippen LogP contribution in [0.4, 0.5) is 4.79 Å². The first-order valence-corrected chi connectivity index (χ1v) is 7.30. The topological polar surface area (TPSA) is 79.9 Å². The van der Waals surface area contributed by atoms with Crippen molar-refractivity contribution in [2.45, 2.75) is 31.9 Å². The number of carbonyl (C=O) groups excluding carboxylic acids is 2. The van der Waals surface area contributed by atoms with E-state index in [9.17, 15) is 9.59 Å². The van der Waals surface area contributed by atoms with E-state index in [1.807, 2.05) is 19.0 Å². The van der Waals surface area contributed by atoms with Gasteiger partial charge in [0.2, 0.25) is 5.91 Å². The molecule has 126 valence electrons. The average molecular weight is 313 g/mol. The Morgan fingerprint density at radius 3 is 2.41 bits per heavy atom. The Morgan fingerprint density at radius 1 is 1.32 bits per heavy atom. The third-order valence-electron chi connectivity index (χ3n) is 2.85. The van der Waals surface area contributed by atoms with E-state index in [1.54, 1.807) is 26.8 Å². The fourth-order valence-corrected chi connectivity index (χ4v) is 1.80. The molecule has 0 radical (unpaired) electrons. The van der Waals surface area contributed by atoms with E-state index in [-0.39, 0.29) is 12.5 Å². The number of amides is 2. The van der Waals surface area contributed by atoms with Crippen molar-refractivity contribution in [1.29, 1.82) is 0 Å². The van der Waals surface area contributed by atoms with Gasteiger partial charge < -0.3 is 25.0 Å². The van der Waals surface area contributed by atoms with Crippen molar-refractivity contribution >= 4 is 12.0 Å². The zero-order chi connectivity index (χ0) is 16.8. The number of rotatable bonds is 6. The van der Waals surface area contributed by atoms with E-state index in [2.05, 4.69) is 10.6 Å². The Kier molecular flexibility index (Phi) is 6.37. The second kappa shape index (κ2) is 7.60. The average Bonchev–Trinajstić information content (AvgIpc) is 2.29. The molecular weight excluding hydrogens is 286 g/mol. The molecule has 2 N–H and O–H groups in total. The normalized spacial score (nSPS) is 17.2. The van der Waals surface area contributed by atoms with Gasteiger partial charge in [-0.3, -0.25) is 4.79 Å². The minimum atomic E-state index is -0.559. The van der Waals surface area contributed by atoms with Gasteiger partial charge in [0.25, 0.3) is 0 Å². The van der Waals surface area contributed by atoms with E-state index in [4.69, 9.17) is 9.47 Å². The SMILES string of the molecule is CN(C)C/C=C/C(=O)NC1(CNC(=O)OC(C)(C)C)COC1. The van der Waals surface area contributed by atoms with Crippen molar-refractivity contribution in [2.24, 2.45) is 0 Å². The number of hydrogen-bond acceptors (Lipinski definition) is 5. The highest BCUT2D eigenvalue weighted by atomic mass is 16.6. The number of alkyl carbamates (subject to hydrolysis) is 1. The number of nitrogens with zero attached hydrogens (tertiary/aromatic N) is 1. The van der Waals surface area contributed by atoms with E-state index in [1.165, 1.54) is 6.08 Å². The second-order valence-corrected chi connectivity index (χ2v) is 6.78. The van der Waals surface area contributed by atoms with Gasteiger partial charge in [-0.2, -0.15) is 0 Å². The summed E-state index contributed by atoms with van der Waals surface area (Å²) in [5.41, 5.74) is -1.11. The number of hydrogen-bond donors (Lipinski definition) is 2. The molecule has 1 heterocycles. The van der Waals surface area contributed by atoms with Crippen molar-refractivity contribution in [3.8, 4) is 0 Å². The quantitative estimate of drug-likeness (QED) is 0.699. The molecule has 0 unspecified atom stereocenters. The van der Waals surface area contributed by atoms with Gasteiger partial charge >= 0.3 is 6.09 Å². The van der Waals surface area contributed by atoms with Crippen molar-refractivity contribution < 1.29 is 19.1 Å². The monoisotopic (exact) mass is 313 g/mol. The minimum Gasteiger partial charge on any atom is -0.444 e. The van der Waals surface area contributed by atoms with Crippen LogP contribution in [0.15, 0.2) is 12.2 Å². The lowest BCUT2D eigenvalue weighted by Crippen LogP contribution is -2.67. The van der Waals surface area contributed by atoms with E-state index >= 15 is 0 Å². The molecule has 7 heteroatoms. The largest absolute Gasteiger partial charge is 0.444 e. The summed E-state index contributed by atoms with van der Waals surface area (Å²) in [4.78, 5) is 25.5. The van der Waals surface area contributed by atoms with Crippen LogP contribution in [0.25, 0.3) is 0 Å². The van der Waals surface area contributed by atoms with Crippen molar-refractivity contribution in [1.82, 2.24) is 15.5 Å². The molecule has 0 bridgehead atoms. The Morgan fingerprint density at radius 2 is 1.95 bits per heavy atom. The van der Waals surface area contributed by atoms with Crippen LogP contribution in [0.3, 0.4) is 0 Å². The molecule has 1 saturated heterocycles. The number of nitrogens with one attached hydrogen (secondary N) is 2. The van der Waals surface area contributed by atoms with Crippen LogP contribution in [0.2, 0.25) is 0 Å². The van der Waals surface area contributed by atoms with Crippen molar-refractivity contribution in [3.05, 3.63) is 12.2 Å². The van der Waals surface area contributed by atoms with Crippen LogP contribution in [-0.4, -0.2) is 68.4 Å². The van der Waals surface area contributed by atoms with Gasteiger partial charge in [0.1, 0.15) is 11.1 Å². The van der Waals surface area contributed by atoms with Crippen LogP contribution in [-0.2, 0) is 14.3 Å². The molecule has 1 rings (SSSR count). The van der Waals surface area contributed by atoms with Gasteiger partial charge in [-0.15, -0.1) is 0 Å². The van der Waals surface area contributed by atoms with Crippen LogP contribution in [0, 0.1) is 0 Å². The van der Waals surface area contributed by atoms with Crippen LogP contribution >= 0.6 is 0 Å². The van der Waals surface area contributed by atoms with Crippen molar-refractivity contribution in [2.75, 3.05) is 40.4 Å². The summed E-state index contributed by atoms with van der Waals surface area (Å²) in [5.74, 6) is -0.198. The van der Waals surface area contributed by atoms with E-state index in [0.717, 1.165) is 0 Å². The fraction of sp³-hybridized carbons (Fsp3) is 0.733. The molecule has 0 aromatic rings. The summed E-state index contributed by atoms with van der Waals surface area (Å²) in [7, 11) is 3.85. The van der Waals surface area contributed by atoms with Gasteiger partial charge in [-0.25, -0.2) is 4.79 Å². The number of likely N-dealkylation sites (N-methyl/N-ethyl adjacent to an activating group) is 1. The lowest BCUT2D eigenvalue weighted by Gasteiger charge is -2.41. The zero-order valence-electron chi connectivity index (χ0n) is 14.1. The van der Waals surface area contributed by atoms with Gasteiger partial charge in [0.15, 0.2) is 0 Å². The Balaban J connectivity index is 2.43. The summed E-state index contributed by atoms with van der Waals surface area (Å²) >= 11 is 0. The third kappa shape index (κ3) is 6.91. The van der Waals surface area contributed by atoms with Gasteiger partial charge in [-0.1, -0.05) is 6.08 Å². The molecule has 0 atom stereocenters. The van der Waals surface area contributed by atoms with E-state index < -0.39 is 17.2 Å². The van der Waals surface area contributed by atoms with Gasteiger partial charge in [-0.05, 0) is 34.9 Å². The molecule has 0 saturated carbocycles. The third-order valence-corrected chi connectivity index (χ3v) is 2.85. The molecule has 1 aliphatic rings. The molecule has 0 spiro atoms. The molecule has 7 nitrogen and oxygen atoms in total. The maximum atomic E-state index is 11.9. The van der Waals surface area contributed by atoms with Gasteiger partial charge in [0, 0.05) is 19.2 Å². The first kappa shape index (κ1) is 18.4. The van der Waals surface area contributed by atoms with E-state index in [0.29, 0.717) is 19.8 Å². The van der Waals surface area contributed by atoms with Crippen LogP contribution in [0.5, 0.6) is 0 Å². The van der Waals surface area contributed by atoms with Crippen molar-refractivity contribution in [3.63, 3.8) is 0 Å². The first-order chi connectivity index (χ1) is 10.1. The summed E-state index contributed by atoms with van der Waals surface area (Å²) < 4.78 is 10.4. The minimum absolute atomic E-state index is 0.198. The number of carbonyl (C=O) groups is 2. The van der Waals surface area contributed by atoms with Crippen LogP contribution < -0.4 is 10.6 Å². The summed E-state index contributed by atoms with van der Waals surface area (Å²) in [6.45, 7) is 7.10. The smallest absolute Gasteiger partial charge is 0.407 e. The lowest BCUT2D eigenvalue weighted by molar-refractivity contribution is -0.127. The van der Waals surface area contributed by atoms with Gasteiger partial charge in [0.05, 0.1) is 13.2 Å². The van der Waals surface area contributed by atoms with Crippen LogP contribution in [0.1, 0.15) is 20.8 Å². The summed E-state index contributed by atoms with van der Waals surface area (Å²) in [6, 6.07) is 0. The first-order valence-electron chi connectivity index (χ1n) is 7.30. The Hall–Kier alpha value is -1.60. The molecule has 0 aliphatic carbocycles. The summed E-state index contributed by atoms with van der Waals surface area (Å²) in [6.07, 6.45) is 2.77. The Bertz CT molecular complexity index is 423. The maximum Gasteiger partial charge on any atom is 0.407 e. The highest BCUT2D eigenvalue weighted by Crippen LogP contribution is 2.16. The highest BCUT2D eigenvalue weighted by molar-refractivity contribution is 5.88. The lowest BCUT2D eigenvalue weighted by atomic mass is 9.97. The zero-order valence-corrected chi connectivity index (χ0v) is 14.1. The number of ether oxygens (including phenoxy) is 2. The molecule has 1 fully saturated rings. The predicted molar refractivity (Wildman–Crippen MR) is 83.6 cm³/mol. The second-order valence-electron chi connectivity index (χ2n) is 6.78. The molecule has 22 heavy (non-hydrogen) atoms. The molecule has 0 aromatic heterocycles. The molecule has 0 aromatic carbocycles. The molecule has 1 aliphatic heterocycles. The molecule has 2 amide bonds. The predicted octanol–water partition coefficient (Wildman–Crippen LogP) is 0.514. The summed E-state index contributed by atoms with van der Waals surface area (Å²) in [5, 5.41) is 5.56. The Labute approximate surface area is 132 Å². The maximum absolute atomic E-state index is 11.9. The fourth-order valence-electron chi connectivity index (χ4n) is 1.80.